The molecule has 0 aromatic heterocycles. The molecular formula is C5H4O4-2. The van der Waals surface area contributed by atoms with Gasteiger partial charge in [-0.2, -0.15) is 0 Å². The van der Waals surface area contributed by atoms with Crippen molar-refractivity contribution in [2.45, 2.75) is 6.42 Å². The summed E-state index contributed by atoms with van der Waals surface area (Å²) in [6, 6.07) is 0. The van der Waals surface area contributed by atoms with E-state index in [0.717, 1.165) is 6.08 Å². The Morgan fingerprint density at radius 2 is 1.89 bits per heavy atom. The lowest BCUT2D eigenvalue weighted by molar-refractivity contribution is -0.304. The van der Waals surface area contributed by atoms with Crippen LogP contribution in [-0.2, 0) is 9.59 Å². The van der Waals surface area contributed by atoms with Gasteiger partial charge in [-0.1, -0.05) is 6.08 Å². The maximum Gasteiger partial charge on any atom is 0.0639 e. The van der Waals surface area contributed by atoms with Gasteiger partial charge in [0.2, 0.25) is 0 Å². The number of carboxylic acids is 2. The first-order valence-corrected chi connectivity index (χ1v) is 2.20. The minimum atomic E-state index is -1.41. The summed E-state index contributed by atoms with van der Waals surface area (Å²) >= 11 is 0. The Morgan fingerprint density at radius 3 is 2.22 bits per heavy atom. The van der Waals surface area contributed by atoms with Gasteiger partial charge in [-0.05, 0) is 6.08 Å². The van der Waals surface area contributed by atoms with Crippen LogP contribution in [0, 0.1) is 0 Å². The Balaban J connectivity index is 3.48. The zero-order valence-corrected chi connectivity index (χ0v) is 4.49. The van der Waals surface area contributed by atoms with Gasteiger partial charge >= 0.3 is 0 Å². The summed E-state index contributed by atoms with van der Waals surface area (Å²) < 4.78 is 0. The molecule has 0 radical (unpaired) electrons. The van der Waals surface area contributed by atoms with Crippen LogP contribution >= 0.6 is 0 Å². The van der Waals surface area contributed by atoms with Crippen molar-refractivity contribution in [3.05, 3.63) is 12.2 Å². The molecule has 0 aliphatic heterocycles. The zero-order valence-electron chi connectivity index (χ0n) is 4.49. The highest BCUT2D eigenvalue weighted by molar-refractivity contribution is 5.78. The molecule has 0 bridgehead atoms. The number of hydrogen-bond acceptors (Lipinski definition) is 4. The molecule has 0 atom stereocenters. The van der Waals surface area contributed by atoms with E-state index in [1.807, 2.05) is 0 Å². The third kappa shape index (κ3) is 6.68. The molecule has 0 aliphatic rings. The van der Waals surface area contributed by atoms with Crippen molar-refractivity contribution < 1.29 is 19.8 Å². The van der Waals surface area contributed by atoms with Gasteiger partial charge in [-0.15, -0.1) is 0 Å². The second-order valence-electron chi connectivity index (χ2n) is 1.30. The molecule has 0 saturated heterocycles. The molecule has 0 fully saturated rings. The molecule has 4 nitrogen and oxygen atoms in total. The van der Waals surface area contributed by atoms with E-state index in [-0.39, 0.29) is 0 Å². The topological polar surface area (TPSA) is 80.3 Å². The Kier molecular flexibility index (Phi) is 3.12. The summed E-state index contributed by atoms with van der Waals surface area (Å²) in [5, 5.41) is 19.2. The van der Waals surface area contributed by atoms with Crippen LogP contribution < -0.4 is 10.2 Å². The van der Waals surface area contributed by atoms with Crippen molar-refractivity contribution in [2.75, 3.05) is 0 Å². The van der Waals surface area contributed by atoms with E-state index in [4.69, 9.17) is 0 Å². The quantitative estimate of drug-likeness (QED) is 0.391. The van der Waals surface area contributed by atoms with Crippen molar-refractivity contribution in [3.63, 3.8) is 0 Å². The van der Waals surface area contributed by atoms with E-state index in [1.165, 1.54) is 0 Å². The normalized spacial score (nSPS) is 9.78. The molecule has 0 N–H and O–H groups in total. The summed E-state index contributed by atoms with van der Waals surface area (Å²) in [5.41, 5.74) is 0. The summed E-state index contributed by atoms with van der Waals surface area (Å²) in [4.78, 5) is 19.2. The van der Waals surface area contributed by atoms with Gasteiger partial charge in [-0.3, -0.25) is 0 Å². The van der Waals surface area contributed by atoms with Crippen LogP contribution in [-0.4, -0.2) is 11.9 Å². The highest BCUT2D eigenvalue weighted by Gasteiger charge is 1.76. The van der Waals surface area contributed by atoms with E-state index in [0.29, 0.717) is 6.08 Å². The highest BCUT2D eigenvalue weighted by atomic mass is 16.4. The Bertz CT molecular complexity index is 147. The summed E-state index contributed by atoms with van der Waals surface area (Å²) in [6.07, 6.45) is 1.20. The Morgan fingerprint density at radius 1 is 1.33 bits per heavy atom. The molecule has 0 aliphatic carbocycles. The van der Waals surface area contributed by atoms with Crippen molar-refractivity contribution in [1.29, 1.82) is 0 Å². The second kappa shape index (κ2) is 3.65. The van der Waals surface area contributed by atoms with Crippen LogP contribution in [0.1, 0.15) is 6.42 Å². The average Bonchev–Trinajstić information content (AvgIpc) is 1.63. The maximum atomic E-state index is 9.61. The first-order chi connectivity index (χ1) is 4.13. The number of rotatable bonds is 3. The van der Waals surface area contributed by atoms with Crippen molar-refractivity contribution >= 4 is 11.9 Å². The molecule has 9 heavy (non-hydrogen) atoms. The minimum Gasteiger partial charge on any atom is -0.550 e. The monoisotopic (exact) mass is 128 g/mol. The van der Waals surface area contributed by atoms with Gasteiger partial charge < -0.3 is 19.8 Å². The highest BCUT2D eigenvalue weighted by Crippen LogP contribution is 1.77. The fraction of sp³-hybridized carbons (Fsp3) is 0.200. The largest absolute Gasteiger partial charge is 0.550 e. The van der Waals surface area contributed by atoms with Crippen LogP contribution in [0.4, 0.5) is 0 Å². The van der Waals surface area contributed by atoms with Crippen LogP contribution in [0.3, 0.4) is 0 Å². The first kappa shape index (κ1) is 7.68. The molecule has 0 unspecified atom stereocenters. The Labute approximate surface area is 51.4 Å². The molecule has 0 amide bonds. The standard InChI is InChI=1S/C5H6O4/c6-4(7)2-1-3-5(8)9/h1-2H,3H2,(H,6,7)(H,8,9)/p-2/b2-1+. The zero-order chi connectivity index (χ0) is 7.28. The average molecular weight is 128 g/mol. The number of aliphatic carboxylic acids is 2. The molecule has 50 valence electrons. The second-order valence-corrected chi connectivity index (χ2v) is 1.30. The van der Waals surface area contributed by atoms with Gasteiger partial charge in [-0.25, -0.2) is 0 Å². The third-order valence-corrected chi connectivity index (χ3v) is 0.538. The molecular weight excluding hydrogens is 124 g/mol. The summed E-state index contributed by atoms with van der Waals surface area (Å²) in [5.74, 6) is -2.72. The van der Waals surface area contributed by atoms with Crippen LogP contribution in [0.25, 0.3) is 0 Å². The minimum absolute atomic E-state index is 0.395. The van der Waals surface area contributed by atoms with E-state index in [2.05, 4.69) is 0 Å². The third-order valence-electron chi connectivity index (χ3n) is 0.538. The molecule has 4 heteroatoms. The van der Waals surface area contributed by atoms with Gasteiger partial charge in [0.05, 0.1) is 5.97 Å². The first-order valence-electron chi connectivity index (χ1n) is 2.20. The number of carbonyl (C=O) groups is 2. The van der Waals surface area contributed by atoms with Crippen molar-refractivity contribution in [3.8, 4) is 0 Å². The molecule has 0 rings (SSSR count). The fourth-order valence-corrected chi connectivity index (χ4v) is 0.251. The van der Waals surface area contributed by atoms with Crippen LogP contribution in [0.2, 0.25) is 0 Å². The van der Waals surface area contributed by atoms with Gasteiger partial charge in [0.1, 0.15) is 0 Å². The van der Waals surface area contributed by atoms with Crippen molar-refractivity contribution in [1.82, 2.24) is 0 Å². The van der Waals surface area contributed by atoms with Crippen LogP contribution in [0.5, 0.6) is 0 Å². The van der Waals surface area contributed by atoms with Gasteiger partial charge in [0.25, 0.3) is 0 Å². The van der Waals surface area contributed by atoms with Gasteiger partial charge in [0, 0.05) is 12.4 Å². The smallest absolute Gasteiger partial charge is 0.0639 e. The number of hydrogen-bond donors (Lipinski definition) is 0. The fourth-order valence-electron chi connectivity index (χ4n) is 0.251. The molecule has 0 spiro atoms. The summed E-state index contributed by atoms with van der Waals surface area (Å²) in [7, 11) is 0. The van der Waals surface area contributed by atoms with Crippen LogP contribution in [0.15, 0.2) is 12.2 Å². The van der Waals surface area contributed by atoms with E-state index < -0.39 is 18.4 Å². The lowest BCUT2D eigenvalue weighted by Gasteiger charge is -1.93. The lowest BCUT2D eigenvalue weighted by atomic mass is 10.4. The van der Waals surface area contributed by atoms with E-state index in [9.17, 15) is 19.8 Å². The number of carbonyl (C=O) groups excluding carboxylic acids is 2. The predicted molar refractivity (Wildman–Crippen MR) is 23.8 cm³/mol. The van der Waals surface area contributed by atoms with Gasteiger partial charge in [0.15, 0.2) is 0 Å². The SMILES string of the molecule is O=C([O-])/C=C/CC(=O)[O-]. The van der Waals surface area contributed by atoms with Crippen molar-refractivity contribution in [2.24, 2.45) is 0 Å². The molecule has 0 aromatic rings. The lowest BCUT2D eigenvalue weighted by Crippen LogP contribution is -2.22. The molecule has 0 aromatic carbocycles. The molecule has 0 heterocycles. The Hall–Kier alpha value is -1.32. The summed E-state index contributed by atoms with van der Waals surface area (Å²) in [6.45, 7) is 0. The predicted octanol–water partition coefficient (Wildman–Crippen LogP) is -2.57. The maximum absolute atomic E-state index is 9.61. The molecule has 0 saturated carbocycles. The van der Waals surface area contributed by atoms with E-state index >= 15 is 0 Å². The number of carboxylic acid groups (broad SMARTS) is 2. The van der Waals surface area contributed by atoms with E-state index in [1.54, 1.807) is 0 Å².